The Morgan fingerprint density at radius 3 is 2.50 bits per heavy atom. The normalized spacial score (nSPS) is 11.4. The number of hydrogen-bond donors (Lipinski definition) is 0. The molecule has 0 radical (unpaired) electrons. The van der Waals surface area contributed by atoms with Crippen LogP contribution in [0, 0.1) is 6.92 Å². The van der Waals surface area contributed by atoms with E-state index < -0.39 is 11.2 Å². The van der Waals surface area contributed by atoms with E-state index in [1.54, 1.807) is 18.6 Å². The van der Waals surface area contributed by atoms with Gasteiger partial charge in [-0.2, -0.15) is 4.98 Å². The number of carbonyl (C=O) groups is 1. The lowest BCUT2D eigenvalue weighted by Gasteiger charge is -2.14. The van der Waals surface area contributed by atoms with E-state index in [4.69, 9.17) is 9.72 Å². The van der Waals surface area contributed by atoms with Gasteiger partial charge in [0.25, 0.3) is 5.56 Å². The number of hydrogen-bond acceptors (Lipinski definition) is 5. The molecule has 5 rings (SSSR count). The highest BCUT2D eigenvalue weighted by Crippen LogP contribution is 2.33. The van der Waals surface area contributed by atoms with Crippen LogP contribution in [-0.4, -0.2) is 36.0 Å². The molecule has 3 heterocycles. The van der Waals surface area contributed by atoms with Crippen molar-refractivity contribution in [2.75, 3.05) is 7.11 Å². The molecule has 5 aromatic rings. The highest BCUT2D eigenvalue weighted by Gasteiger charge is 2.24. The average molecular weight is 457 g/mol. The van der Waals surface area contributed by atoms with E-state index in [2.05, 4.69) is 0 Å². The van der Waals surface area contributed by atoms with E-state index in [1.165, 1.54) is 11.5 Å². The van der Waals surface area contributed by atoms with Crippen LogP contribution < -0.4 is 16.0 Å². The van der Waals surface area contributed by atoms with Crippen LogP contribution in [0.1, 0.15) is 12.5 Å². The maximum atomic E-state index is 13.4. The summed E-state index contributed by atoms with van der Waals surface area (Å²) in [6, 6.07) is 15.6. The standard InChI is InChI=1S/C25H23N5O4/c1-15-10-11-20(34-4)18(12-15)30-19(17-8-6-5-7-9-17)14-28-21-22(26-24(28)30)27(3)25(33)29(23(21)32)13-16(2)31/h5-12,14H,13H2,1-4H3. The van der Waals surface area contributed by atoms with E-state index in [9.17, 15) is 14.4 Å². The highest BCUT2D eigenvalue weighted by atomic mass is 16.5. The second kappa shape index (κ2) is 7.87. The molecule has 0 spiro atoms. The predicted octanol–water partition coefficient (Wildman–Crippen LogP) is 2.71. The molecule has 0 aliphatic rings. The monoisotopic (exact) mass is 457 g/mol. The molecule has 172 valence electrons. The van der Waals surface area contributed by atoms with Crippen LogP contribution in [0.4, 0.5) is 0 Å². The van der Waals surface area contributed by atoms with Gasteiger partial charge in [0.1, 0.15) is 11.5 Å². The molecule has 34 heavy (non-hydrogen) atoms. The van der Waals surface area contributed by atoms with Crippen LogP contribution in [0.15, 0.2) is 64.3 Å². The molecule has 3 aromatic heterocycles. The number of nitrogens with zero attached hydrogens (tertiary/aromatic N) is 5. The Bertz CT molecular complexity index is 1700. The fourth-order valence-corrected chi connectivity index (χ4v) is 4.28. The Kier molecular flexibility index (Phi) is 4.97. The first-order valence-corrected chi connectivity index (χ1v) is 10.7. The molecule has 0 saturated carbocycles. The summed E-state index contributed by atoms with van der Waals surface area (Å²) in [5.41, 5.74) is 2.80. The van der Waals surface area contributed by atoms with Gasteiger partial charge in [0.2, 0.25) is 5.78 Å². The first-order chi connectivity index (χ1) is 16.3. The van der Waals surface area contributed by atoms with Gasteiger partial charge in [0.15, 0.2) is 11.2 Å². The Morgan fingerprint density at radius 1 is 1.09 bits per heavy atom. The molecule has 0 fully saturated rings. The summed E-state index contributed by atoms with van der Waals surface area (Å²) in [6.07, 6.45) is 1.83. The summed E-state index contributed by atoms with van der Waals surface area (Å²) in [7, 11) is 3.14. The van der Waals surface area contributed by atoms with Gasteiger partial charge in [-0.1, -0.05) is 36.4 Å². The summed E-state index contributed by atoms with van der Waals surface area (Å²) in [4.78, 5) is 42.7. The summed E-state index contributed by atoms with van der Waals surface area (Å²) in [6.45, 7) is 3.03. The van der Waals surface area contributed by atoms with E-state index in [0.717, 1.165) is 27.1 Å². The van der Waals surface area contributed by atoms with Gasteiger partial charge < -0.3 is 4.74 Å². The maximum Gasteiger partial charge on any atom is 0.332 e. The third-order valence-electron chi connectivity index (χ3n) is 5.88. The zero-order valence-corrected chi connectivity index (χ0v) is 19.3. The van der Waals surface area contributed by atoms with Gasteiger partial charge in [-0.3, -0.25) is 27.7 Å². The van der Waals surface area contributed by atoms with Crippen molar-refractivity contribution in [1.82, 2.24) is 23.1 Å². The molecule has 9 heteroatoms. The van der Waals surface area contributed by atoms with Crippen LogP contribution >= 0.6 is 0 Å². The lowest BCUT2D eigenvalue weighted by atomic mass is 10.1. The van der Waals surface area contributed by atoms with Crippen molar-refractivity contribution in [3.8, 4) is 22.7 Å². The second-order valence-corrected chi connectivity index (χ2v) is 8.28. The van der Waals surface area contributed by atoms with Crippen LogP contribution in [0.5, 0.6) is 5.75 Å². The Morgan fingerprint density at radius 2 is 1.82 bits per heavy atom. The van der Waals surface area contributed by atoms with Gasteiger partial charge in [-0.05, 0) is 31.5 Å². The largest absolute Gasteiger partial charge is 0.495 e. The molecule has 0 aliphatic heterocycles. The lowest BCUT2D eigenvalue weighted by Crippen LogP contribution is -2.40. The van der Waals surface area contributed by atoms with Crippen molar-refractivity contribution in [1.29, 1.82) is 0 Å². The van der Waals surface area contributed by atoms with Gasteiger partial charge >= 0.3 is 5.69 Å². The lowest BCUT2D eigenvalue weighted by molar-refractivity contribution is -0.117. The summed E-state index contributed by atoms with van der Waals surface area (Å²) in [5, 5.41) is 0. The maximum absolute atomic E-state index is 13.4. The molecule has 0 unspecified atom stereocenters. The SMILES string of the molecule is COc1ccc(C)cc1-n1c(-c2ccccc2)cn2c3c(=O)n(CC(C)=O)c(=O)n(C)c3nc12. The molecule has 0 atom stereocenters. The van der Waals surface area contributed by atoms with Crippen molar-refractivity contribution in [2.24, 2.45) is 7.05 Å². The summed E-state index contributed by atoms with van der Waals surface area (Å²) >= 11 is 0. The topological polar surface area (TPSA) is 92.5 Å². The molecule has 0 saturated heterocycles. The van der Waals surface area contributed by atoms with Crippen molar-refractivity contribution < 1.29 is 9.53 Å². The summed E-state index contributed by atoms with van der Waals surface area (Å²) in [5.74, 6) is 0.799. The highest BCUT2D eigenvalue weighted by molar-refractivity contribution is 5.81. The van der Waals surface area contributed by atoms with Gasteiger partial charge in [-0.15, -0.1) is 0 Å². The van der Waals surface area contributed by atoms with Gasteiger partial charge in [-0.25, -0.2) is 4.79 Å². The number of fused-ring (bicyclic) bond motifs is 3. The summed E-state index contributed by atoms with van der Waals surface area (Å²) < 4.78 is 11.5. The molecule has 0 aliphatic carbocycles. The number of imidazole rings is 2. The minimum absolute atomic E-state index is 0.223. The van der Waals surface area contributed by atoms with Crippen LogP contribution in [0.25, 0.3) is 33.9 Å². The van der Waals surface area contributed by atoms with Gasteiger partial charge in [0.05, 0.1) is 25.0 Å². The van der Waals surface area contributed by atoms with Crippen molar-refractivity contribution >= 4 is 22.7 Å². The number of methoxy groups -OCH3 is 1. The number of rotatable bonds is 5. The molecular weight excluding hydrogens is 434 g/mol. The van der Waals surface area contributed by atoms with E-state index in [1.807, 2.05) is 66.2 Å². The number of carbonyl (C=O) groups excluding carboxylic acids is 1. The molecule has 0 N–H and O–H groups in total. The first kappa shape index (κ1) is 21.4. The zero-order valence-electron chi connectivity index (χ0n) is 19.3. The quantitative estimate of drug-likeness (QED) is 0.405. The average Bonchev–Trinajstić information content (AvgIpc) is 3.37. The molecular formula is C25H23N5O4. The van der Waals surface area contributed by atoms with Crippen LogP contribution in [0.3, 0.4) is 0 Å². The number of aryl methyl sites for hydroxylation is 2. The van der Waals surface area contributed by atoms with Crippen molar-refractivity contribution in [3.63, 3.8) is 0 Å². The zero-order chi connectivity index (χ0) is 24.1. The van der Waals surface area contributed by atoms with Crippen LogP contribution in [-0.2, 0) is 18.4 Å². The van der Waals surface area contributed by atoms with E-state index in [-0.39, 0.29) is 23.5 Å². The van der Waals surface area contributed by atoms with E-state index >= 15 is 0 Å². The number of Topliss-reactive ketones (excluding diaryl/α,β-unsaturated/α-hetero) is 1. The number of benzene rings is 2. The third kappa shape index (κ3) is 3.16. The first-order valence-electron chi connectivity index (χ1n) is 10.7. The molecule has 2 aromatic carbocycles. The fourth-order valence-electron chi connectivity index (χ4n) is 4.28. The Labute approximate surface area is 194 Å². The van der Waals surface area contributed by atoms with E-state index in [0.29, 0.717) is 11.5 Å². The van der Waals surface area contributed by atoms with Gasteiger partial charge in [0, 0.05) is 18.8 Å². The van der Waals surface area contributed by atoms with Crippen LogP contribution in [0.2, 0.25) is 0 Å². The number of ether oxygens (including phenoxy) is 1. The Balaban J connectivity index is 1.97. The molecule has 0 amide bonds. The molecule has 9 nitrogen and oxygen atoms in total. The Hall–Kier alpha value is -4.40. The van der Waals surface area contributed by atoms with Crippen molar-refractivity contribution in [2.45, 2.75) is 20.4 Å². The minimum Gasteiger partial charge on any atom is -0.495 e. The minimum atomic E-state index is -0.587. The third-order valence-corrected chi connectivity index (χ3v) is 5.88. The predicted molar refractivity (Wildman–Crippen MR) is 129 cm³/mol. The fraction of sp³-hybridized carbons (Fsp3) is 0.200. The number of ketones is 1. The smallest absolute Gasteiger partial charge is 0.332 e. The van der Waals surface area contributed by atoms with Crippen molar-refractivity contribution in [3.05, 3.63) is 81.1 Å². The number of aromatic nitrogens is 5. The second-order valence-electron chi connectivity index (χ2n) is 8.28. The molecule has 0 bridgehead atoms.